The summed E-state index contributed by atoms with van der Waals surface area (Å²) in [7, 11) is 0. The van der Waals surface area contributed by atoms with E-state index >= 15 is 0 Å². The fourth-order valence-corrected chi connectivity index (χ4v) is 2.73. The lowest BCUT2D eigenvalue weighted by Crippen LogP contribution is -2.46. The van der Waals surface area contributed by atoms with Gasteiger partial charge in [-0.1, -0.05) is 19.1 Å². The minimum Gasteiger partial charge on any atom is -0.309 e. The van der Waals surface area contributed by atoms with E-state index in [1.54, 1.807) is 6.92 Å². The number of hydrogen-bond donors (Lipinski definition) is 1. The van der Waals surface area contributed by atoms with Gasteiger partial charge in [0.15, 0.2) is 0 Å². The van der Waals surface area contributed by atoms with Crippen LogP contribution in [0.3, 0.4) is 0 Å². The van der Waals surface area contributed by atoms with Crippen molar-refractivity contribution < 1.29 is 22.0 Å². The van der Waals surface area contributed by atoms with Gasteiger partial charge in [0, 0.05) is 24.9 Å². The van der Waals surface area contributed by atoms with Crippen LogP contribution in [-0.2, 0) is 6.18 Å². The summed E-state index contributed by atoms with van der Waals surface area (Å²) in [5.74, 6) is -3.68. The zero-order valence-electron chi connectivity index (χ0n) is 11.0. The Morgan fingerprint density at radius 1 is 1.20 bits per heavy atom. The maximum absolute atomic E-state index is 13.9. The average Bonchev–Trinajstić information content (AvgIpc) is 2.36. The molecule has 1 aliphatic heterocycles. The van der Waals surface area contributed by atoms with E-state index in [2.05, 4.69) is 5.32 Å². The molecule has 1 heterocycles. The molecule has 2 rings (SSSR count). The number of alkyl halides is 5. The normalized spacial score (nSPS) is 26.5. The van der Waals surface area contributed by atoms with Crippen molar-refractivity contribution in [2.24, 2.45) is 5.92 Å². The van der Waals surface area contributed by atoms with Crippen molar-refractivity contribution in [3.05, 3.63) is 35.4 Å². The molecule has 0 spiro atoms. The zero-order valence-corrected chi connectivity index (χ0v) is 11.0. The van der Waals surface area contributed by atoms with Crippen LogP contribution in [0.15, 0.2) is 24.3 Å². The first-order valence-electron chi connectivity index (χ1n) is 6.54. The van der Waals surface area contributed by atoms with Gasteiger partial charge in [-0.25, -0.2) is 8.78 Å². The van der Waals surface area contributed by atoms with Crippen LogP contribution in [0.5, 0.6) is 0 Å². The number of benzene rings is 1. The minimum atomic E-state index is -4.41. The lowest BCUT2D eigenvalue weighted by molar-refractivity contribution is -0.137. The molecule has 1 fully saturated rings. The molecule has 1 nitrogen and oxygen atoms in total. The summed E-state index contributed by atoms with van der Waals surface area (Å²) in [6, 6.07) is 3.84. The first-order valence-corrected chi connectivity index (χ1v) is 6.54. The summed E-state index contributed by atoms with van der Waals surface area (Å²) in [5.41, 5.74) is -0.291. The van der Waals surface area contributed by atoms with E-state index in [0.717, 1.165) is 12.1 Å². The first-order chi connectivity index (χ1) is 9.25. The second-order valence-corrected chi connectivity index (χ2v) is 5.08. The van der Waals surface area contributed by atoms with E-state index in [4.69, 9.17) is 0 Å². The van der Waals surface area contributed by atoms with Gasteiger partial charge in [0.05, 0.1) is 5.56 Å². The number of halogens is 5. The maximum atomic E-state index is 13.9. The molecule has 0 aromatic heterocycles. The van der Waals surface area contributed by atoms with Gasteiger partial charge >= 0.3 is 6.18 Å². The number of hydrogen-bond acceptors (Lipinski definition) is 1. The molecule has 0 radical (unpaired) electrons. The van der Waals surface area contributed by atoms with Crippen molar-refractivity contribution in [3.8, 4) is 0 Å². The minimum absolute atomic E-state index is 0.162. The van der Waals surface area contributed by atoms with E-state index < -0.39 is 29.6 Å². The molecular formula is C14H16F5N. The molecule has 1 N–H and O–H groups in total. The van der Waals surface area contributed by atoms with Crippen LogP contribution in [0, 0.1) is 5.92 Å². The molecular weight excluding hydrogens is 277 g/mol. The summed E-state index contributed by atoms with van der Waals surface area (Å²) in [6.07, 6.45) is -4.37. The van der Waals surface area contributed by atoms with Crippen LogP contribution in [0.4, 0.5) is 22.0 Å². The summed E-state index contributed by atoms with van der Waals surface area (Å²) in [4.78, 5) is 0. The summed E-state index contributed by atoms with van der Waals surface area (Å²) < 4.78 is 65.2. The van der Waals surface area contributed by atoms with Crippen molar-refractivity contribution >= 4 is 0 Å². The highest BCUT2D eigenvalue weighted by molar-refractivity contribution is 5.28. The van der Waals surface area contributed by atoms with Crippen molar-refractivity contribution in [1.82, 2.24) is 5.32 Å². The maximum Gasteiger partial charge on any atom is 0.416 e. The molecule has 20 heavy (non-hydrogen) atoms. The lowest BCUT2D eigenvalue weighted by atomic mass is 9.81. The summed E-state index contributed by atoms with van der Waals surface area (Å²) in [6.45, 7) is 1.83. The van der Waals surface area contributed by atoms with Crippen LogP contribution in [-0.4, -0.2) is 12.5 Å². The fourth-order valence-electron chi connectivity index (χ4n) is 2.73. The second-order valence-electron chi connectivity index (χ2n) is 5.08. The van der Waals surface area contributed by atoms with Crippen LogP contribution in [0.2, 0.25) is 0 Å². The Bertz CT molecular complexity index is 452. The fraction of sp³-hybridized carbons (Fsp3) is 0.571. The smallest absolute Gasteiger partial charge is 0.309 e. The molecule has 0 amide bonds. The molecule has 0 saturated carbocycles. The van der Waals surface area contributed by atoms with Crippen LogP contribution < -0.4 is 5.32 Å². The summed E-state index contributed by atoms with van der Waals surface area (Å²) in [5, 5.41) is 2.99. The predicted molar refractivity (Wildman–Crippen MR) is 65.5 cm³/mol. The van der Waals surface area contributed by atoms with Gasteiger partial charge < -0.3 is 5.32 Å². The van der Waals surface area contributed by atoms with Crippen molar-refractivity contribution in [2.45, 2.75) is 37.9 Å². The van der Waals surface area contributed by atoms with Crippen LogP contribution in [0.25, 0.3) is 0 Å². The van der Waals surface area contributed by atoms with Gasteiger partial charge in [-0.2, -0.15) is 13.2 Å². The predicted octanol–water partition coefficient (Wildman–Crippen LogP) is 4.40. The molecule has 2 atom stereocenters. The third kappa shape index (κ3) is 2.95. The van der Waals surface area contributed by atoms with Crippen LogP contribution in [0.1, 0.15) is 36.9 Å². The van der Waals surface area contributed by atoms with E-state index in [1.165, 1.54) is 12.1 Å². The van der Waals surface area contributed by atoms with Gasteiger partial charge in [0.1, 0.15) is 0 Å². The van der Waals surface area contributed by atoms with Crippen molar-refractivity contribution in [1.29, 1.82) is 0 Å². The second kappa shape index (κ2) is 5.31. The molecule has 112 valence electrons. The topological polar surface area (TPSA) is 12.0 Å². The molecule has 0 unspecified atom stereocenters. The Morgan fingerprint density at radius 2 is 1.80 bits per heavy atom. The van der Waals surface area contributed by atoms with Gasteiger partial charge in [0.25, 0.3) is 5.92 Å². The standard InChI is InChI=1S/C14H16F5N/c1-2-11-12(20-8-7-13(11,15)16)9-3-5-10(6-4-9)14(17,18)19/h3-6,11-12,20H,2,7-8H2,1H3/t11-,12-/m1/s1. The molecule has 0 aliphatic carbocycles. The molecule has 1 aliphatic rings. The van der Waals surface area contributed by atoms with Crippen LogP contribution >= 0.6 is 0 Å². The Balaban J connectivity index is 2.26. The number of rotatable bonds is 2. The largest absolute Gasteiger partial charge is 0.416 e. The lowest BCUT2D eigenvalue weighted by Gasteiger charge is -2.38. The molecule has 0 bridgehead atoms. The first kappa shape index (κ1) is 15.2. The Kier molecular flexibility index (Phi) is 4.04. The number of piperidine rings is 1. The van der Waals surface area contributed by atoms with Gasteiger partial charge in [-0.15, -0.1) is 0 Å². The third-order valence-corrected chi connectivity index (χ3v) is 3.80. The molecule has 1 saturated heterocycles. The quantitative estimate of drug-likeness (QED) is 0.797. The SMILES string of the molecule is CC[C@@H]1[C@@H](c2ccc(C(F)(F)F)cc2)NCCC1(F)F. The third-order valence-electron chi connectivity index (χ3n) is 3.80. The van der Waals surface area contributed by atoms with E-state index in [1.807, 2.05) is 0 Å². The highest BCUT2D eigenvalue weighted by Gasteiger charge is 2.46. The average molecular weight is 293 g/mol. The van der Waals surface area contributed by atoms with Gasteiger partial charge in [-0.3, -0.25) is 0 Å². The van der Waals surface area contributed by atoms with Crippen molar-refractivity contribution in [2.75, 3.05) is 6.54 Å². The molecule has 1 aromatic carbocycles. The Morgan fingerprint density at radius 3 is 2.30 bits per heavy atom. The van der Waals surface area contributed by atoms with E-state index in [-0.39, 0.29) is 19.4 Å². The number of nitrogens with one attached hydrogen (secondary N) is 1. The van der Waals surface area contributed by atoms with Gasteiger partial charge in [0.2, 0.25) is 0 Å². The molecule has 6 heteroatoms. The Hall–Kier alpha value is -1.17. The Labute approximate surface area is 114 Å². The highest BCUT2D eigenvalue weighted by atomic mass is 19.4. The monoisotopic (exact) mass is 293 g/mol. The van der Waals surface area contributed by atoms with E-state index in [0.29, 0.717) is 5.56 Å². The van der Waals surface area contributed by atoms with Gasteiger partial charge in [-0.05, 0) is 24.1 Å². The molecule has 1 aromatic rings. The zero-order chi connectivity index (χ0) is 15.0. The summed E-state index contributed by atoms with van der Waals surface area (Å²) >= 11 is 0. The van der Waals surface area contributed by atoms with E-state index in [9.17, 15) is 22.0 Å². The van der Waals surface area contributed by atoms with Crippen molar-refractivity contribution in [3.63, 3.8) is 0 Å². The highest BCUT2D eigenvalue weighted by Crippen LogP contribution is 2.42.